The Labute approximate surface area is 124 Å². The van der Waals surface area contributed by atoms with E-state index in [2.05, 4.69) is 47.8 Å². The lowest BCUT2D eigenvalue weighted by Crippen LogP contribution is -2.19. The van der Waals surface area contributed by atoms with Gasteiger partial charge in [0.05, 0.1) is 13.2 Å². The van der Waals surface area contributed by atoms with Crippen molar-refractivity contribution in [2.75, 3.05) is 30.3 Å². The molecule has 3 nitrogen and oxygen atoms in total. The topological polar surface area (TPSA) is 35.5 Å². The summed E-state index contributed by atoms with van der Waals surface area (Å²) < 4.78 is 21.6. The highest BCUT2D eigenvalue weighted by Gasteiger charge is 2.46. The van der Waals surface area contributed by atoms with E-state index in [1.54, 1.807) is 0 Å². The number of rotatable bonds is 8. The Bertz CT molecular complexity index is 218. The molecule has 0 spiro atoms. The zero-order valence-electron chi connectivity index (χ0n) is 7.60. The fourth-order valence-corrected chi connectivity index (χ4v) is 4.39. The average molecular weight is 472 g/mol. The summed E-state index contributed by atoms with van der Waals surface area (Å²) in [4.78, 5) is 0. The highest BCUT2D eigenvalue weighted by atomic mass is 79.9. The van der Waals surface area contributed by atoms with Crippen LogP contribution in [0.15, 0.2) is 0 Å². The summed E-state index contributed by atoms with van der Waals surface area (Å²) in [6, 6.07) is 0. The van der Waals surface area contributed by atoms with Gasteiger partial charge in [-0.3, -0.25) is 4.57 Å². The van der Waals surface area contributed by atoms with Gasteiger partial charge in [0.25, 0.3) is 0 Å². The summed E-state index contributed by atoms with van der Waals surface area (Å²) in [6.07, 6.45) is 0. The highest BCUT2D eigenvalue weighted by molar-refractivity contribution is 9.28. The van der Waals surface area contributed by atoms with E-state index in [4.69, 9.17) is 32.2 Å². The van der Waals surface area contributed by atoms with Gasteiger partial charge >= 0.3 is 7.60 Å². The van der Waals surface area contributed by atoms with Gasteiger partial charge in [-0.2, -0.15) is 0 Å². The molecule has 0 heterocycles. The van der Waals surface area contributed by atoms with Crippen molar-refractivity contribution in [2.45, 2.75) is 2.97 Å². The number of halogens is 5. The normalized spacial score (nSPS) is 13.1. The van der Waals surface area contributed by atoms with Gasteiger partial charge in [-0.25, -0.2) is 0 Å². The molecule has 0 aromatic carbocycles. The van der Waals surface area contributed by atoms with Crippen molar-refractivity contribution in [3.8, 4) is 0 Å². The van der Waals surface area contributed by atoms with Crippen LogP contribution in [0.2, 0.25) is 0 Å². The van der Waals surface area contributed by atoms with Crippen LogP contribution in [0, 0.1) is 0 Å². The van der Waals surface area contributed by atoms with E-state index in [1.807, 2.05) is 0 Å². The van der Waals surface area contributed by atoms with Gasteiger partial charge in [-0.05, 0) is 0 Å². The van der Waals surface area contributed by atoms with E-state index in [9.17, 15) is 4.57 Å². The van der Waals surface area contributed by atoms with Crippen molar-refractivity contribution >= 4 is 78.6 Å². The molecule has 0 aliphatic carbocycles. The first-order chi connectivity index (χ1) is 6.93. The number of alkyl halides is 5. The molecule has 0 rings (SSSR count). The van der Waals surface area contributed by atoms with Crippen LogP contribution in [0.3, 0.4) is 0 Å². The van der Waals surface area contributed by atoms with Crippen molar-refractivity contribution in [1.82, 2.24) is 0 Å². The summed E-state index contributed by atoms with van der Waals surface area (Å²) in [5.41, 5.74) is 0. The van der Waals surface area contributed by atoms with Crippen molar-refractivity contribution in [3.63, 3.8) is 0 Å². The molecule has 0 N–H and O–H groups in total. The van der Waals surface area contributed by atoms with E-state index >= 15 is 0 Å². The number of hydrogen-bond acceptors (Lipinski definition) is 3. The zero-order valence-corrected chi connectivity index (χ0v) is 14.8. The molecule has 0 atom stereocenters. The molecule has 0 aromatic heterocycles. The second kappa shape index (κ2) is 8.30. The van der Waals surface area contributed by atoms with Crippen molar-refractivity contribution in [2.24, 2.45) is 0 Å². The SMILES string of the molecule is O=P(OCCCl)(OCCCl)C(Br)(Br)CBr. The fraction of sp³-hybridized carbons (Fsp3) is 1.00. The third-order valence-corrected chi connectivity index (χ3v) is 9.50. The maximum absolute atomic E-state index is 12.3. The first-order valence-electron chi connectivity index (χ1n) is 3.88. The Morgan fingerprint density at radius 2 is 1.53 bits per heavy atom. The minimum Gasteiger partial charge on any atom is -0.306 e. The quantitative estimate of drug-likeness (QED) is 0.385. The lowest BCUT2D eigenvalue weighted by molar-refractivity contribution is 0.220. The molecule has 0 aliphatic heterocycles. The Morgan fingerprint density at radius 3 is 1.80 bits per heavy atom. The zero-order chi connectivity index (χ0) is 11.9. The lowest BCUT2D eigenvalue weighted by atomic mass is 10.9. The minimum absolute atomic E-state index is 0.146. The lowest BCUT2D eigenvalue weighted by Gasteiger charge is -2.27. The third kappa shape index (κ3) is 5.56. The Kier molecular flexibility index (Phi) is 9.50. The minimum atomic E-state index is -3.34. The summed E-state index contributed by atoms with van der Waals surface area (Å²) in [6.45, 7) is 0.292. The van der Waals surface area contributed by atoms with Crippen LogP contribution in [0.4, 0.5) is 0 Å². The van der Waals surface area contributed by atoms with Crippen molar-refractivity contribution in [3.05, 3.63) is 0 Å². The molecule has 0 aromatic rings. The van der Waals surface area contributed by atoms with E-state index in [0.29, 0.717) is 5.33 Å². The van der Waals surface area contributed by atoms with Crippen LogP contribution < -0.4 is 0 Å². The van der Waals surface area contributed by atoms with E-state index in [-0.39, 0.29) is 25.0 Å². The monoisotopic (exact) mass is 468 g/mol. The van der Waals surface area contributed by atoms with Gasteiger partial charge in [-0.15, -0.1) is 23.2 Å². The Hall–Kier alpha value is 2.17. The van der Waals surface area contributed by atoms with Crippen LogP contribution in [0.25, 0.3) is 0 Å². The van der Waals surface area contributed by atoms with E-state index in [0.717, 1.165) is 0 Å². The van der Waals surface area contributed by atoms with Crippen molar-refractivity contribution < 1.29 is 13.6 Å². The molecule has 0 saturated carbocycles. The molecule has 0 unspecified atom stereocenters. The fourth-order valence-electron chi connectivity index (χ4n) is 0.609. The summed E-state index contributed by atoms with van der Waals surface area (Å²) >= 11 is 20.6. The molecule has 0 saturated heterocycles. The molecule has 9 heteroatoms. The summed E-state index contributed by atoms with van der Waals surface area (Å²) in [5.74, 6) is 0.485. The maximum atomic E-state index is 12.3. The number of hydrogen-bond donors (Lipinski definition) is 0. The summed E-state index contributed by atoms with van der Waals surface area (Å²) in [5, 5.41) is 0.349. The molecule has 15 heavy (non-hydrogen) atoms. The van der Waals surface area contributed by atoms with Crippen LogP contribution >= 0.6 is 78.6 Å². The second-order valence-electron chi connectivity index (χ2n) is 2.34. The predicted molar refractivity (Wildman–Crippen MR) is 75.3 cm³/mol. The van der Waals surface area contributed by atoms with Gasteiger partial charge < -0.3 is 9.05 Å². The molecule has 0 fully saturated rings. The van der Waals surface area contributed by atoms with Gasteiger partial charge in [0.15, 0.2) is 2.97 Å². The maximum Gasteiger partial charge on any atom is 0.358 e. The first-order valence-corrected chi connectivity index (χ1v) is 9.20. The Balaban J connectivity index is 4.61. The Morgan fingerprint density at radius 1 is 1.13 bits per heavy atom. The van der Waals surface area contributed by atoms with Crippen LogP contribution in [-0.4, -0.2) is 33.3 Å². The van der Waals surface area contributed by atoms with Crippen LogP contribution in [-0.2, 0) is 13.6 Å². The molecule has 92 valence electrons. The largest absolute Gasteiger partial charge is 0.358 e. The van der Waals surface area contributed by atoms with Gasteiger partial charge in [0, 0.05) is 17.1 Å². The average Bonchev–Trinajstić information content (AvgIpc) is 2.23. The molecular formula is C6H10Br3Cl2O3P. The van der Waals surface area contributed by atoms with Gasteiger partial charge in [0.2, 0.25) is 0 Å². The van der Waals surface area contributed by atoms with Crippen LogP contribution in [0.5, 0.6) is 0 Å². The van der Waals surface area contributed by atoms with E-state index in [1.165, 1.54) is 0 Å². The summed E-state index contributed by atoms with van der Waals surface area (Å²) in [7, 11) is -3.34. The molecule has 0 radical (unpaired) electrons. The highest BCUT2D eigenvalue weighted by Crippen LogP contribution is 2.66. The van der Waals surface area contributed by atoms with Crippen LogP contribution in [0.1, 0.15) is 0 Å². The second-order valence-corrected chi connectivity index (χ2v) is 10.9. The smallest absolute Gasteiger partial charge is 0.306 e. The predicted octanol–water partition coefficient (Wildman–Crippen LogP) is 4.53. The van der Waals surface area contributed by atoms with E-state index < -0.39 is 10.6 Å². The molecular weight excluding hydrogens is 462 g/mol. The standard InChI is InChI=1S/C6H10Br3Cl2O3P/c7-5-6(8,9)15(12,13-3-1-10)14-4-2-11/h1-5H2. The third-order valence-electron chi connectivity index (χ3n) is 1.24. The molecule has 0 bridgehead atoms. The molecule has 0 amide bonds. The van der Waals surface area contributed by atoms with Crippen molar-refractivity contribution in [1.29, 1.82) is 0 Å². The molecule has 0 aliphatic rings. The van der Waals surface area contributed by atoms with Gasteiger partial charge in [-0.1, -0.05) is 47.8 Å². The van der Waals surface area contributed by atoms with Gasteiger partial charge in [0.1, 0.15) is 0 Å². The first kappa shape index (κ1) is 17.2.